The Bertz CT molecular complexity index is 843. The Morgan fingerprint density at radius 3 is 2.74 bits per heavy atom. The second-order valence-electron chi connectivity index (χ2n) is 6.01. The monoisotopic (exact) mass is 379 g/mol. The van der Waals surface area contributed by atoms with Crippen LogP contribution in [-0.4, -0.2) is 26.3 Å². The Morgan fingerprint density at radius 1 is 1.11 bits per heavy atom. The third-order valence-corrected chi connectivity index (χ3v) is 4.11. The molecule has 2 N–H and O–H groups in total. The summed E-state index contributed by atoms with van der Waals surface area (Å²) in [6.45, 7) is 1.24. The molecule has 1 aliphatic rings. The summed E-state index contributed by atoms with van der Waals surface area (Å²) in [5, 5.41) is 6.12. The molecule has 5 nitrogen and oxygen atoms in total. The van der Waals surface area contributed by atoms with Crippen LogP contribution in [0, 0.1) is 17.5 Å². The summed E-state index contributed by atoms with van der Waals surface area (Å²) in [5.41, 5.74) is 2.03. The van der Waals surface area contributed by atoms with Gasteiger partial charge in [0.25, 0.3) is 0 Å². The molecule has 1 heterocycles. The number of ether oxygens (including phenoxy) is 2. The lowest BCUT2D eigenvalue weighted by atomic mass is 10.1. The van der Waals surface area contributed by atoms with Crippen LogP contribution in [0.4, 0.5) is 13.2 Å². The molecule has 27 heavy (non-hydrogen) atoms. The molecule has 2 aromatic rings. The Balaban J connectivity index is 1.54. The first kappa shape index (κ1) is 19.0. The number of nitrogens with zero attached hydrogens (tertiary/aromatic N) is 1. The molecule has 0 atom stereocenters. The molecule has 0 aliphatic carbocycles. The number of fused-ring (bicyclic) bond motifs is 1. The Kier molecular flexibility index (Phi) is 6.18. The number of benzene rings is 2. The van der Waals surface area contributed by atoms with Gasteiger partial charge in [0.15, 0.2) is 24.4 Å². The number of guanidine groups is 1. The molecule has 0 bridgehead atoms. The van der Waals surface area contributed by atoms with Gasteiger partial charge >= 0.3 is 0 Å². The number of hydrogen-bond acceptors (Lipinski definition) is 3. The number of hydrogen-bond donors (Lipinski definition) is 2. The molecule has 0 radical (unpaired) electrons. The summed E-state index contributed by atoms with van der Waals surface area (Å²) in [6.07, 6.45) is 0.520. The van der Waals surface area contributed by atoms with Crippen LogP contribution in [0.15, 0.2) is 35.3 Å². The van der Waals surface area contributed by atoms with Crippen molar-refractivity contribution >= 4 is 5.96 Å². The van der Waals surface area contributed by atoms with E-state index in [-0.39, 0.29) is 19.2 Å². The topological polar surface area (TPSA) is 54.9 Å². The van der Waals surface area contributed by atoms with E-state index >= 15 is 0 Å². The summed E-state index contributed by atoms with van der Waals surface area (Å²) in [6, 6.07) is 6.57. The second-order valence-corrected chi connectivity index (χ2v) is 6.01. The van der Waals surface area contributed by atoms with E-state index in [0.717, 1.165) is 17.7 Å². The Labute approximate surface area is 155 Å². The molecular formula is C19H20F3N3O2. The van der Waals surface area contributed by atoms with Crippen molar-refractivity contribution in [1.82, 2.24) is 10.6 Å². The SMILES string of the molecule is CN=C(NCCc1cc(F)cc2c1OCOC2)NCc1ccc(F)c(F)c1. The predicted octanol–water partition coefficient (Wildman–Crippen LogP) is 2.88. The van der Waals surface area contributed by atoms with Crippen molar-refractivity contribution in [3.05, 3.63) is 64.5 Å². The first-order valence-electron chi connectivity index (χ1n) is 8.47. The molecular weight excluding hydrogens is 359 g/mol. The standard InChI is InChI=1S/C19H20F3N3O2/c1-23-19(25-9-12-2-3-16(21)17(22)6-12)24-5-4-13-7-15(20)8-14-10-26-11-27-18(13)14/h2-3,6-8H,4-5,9-11H2,1H3,(H2,23,24,25). The highest BCUT2D eigenvalue weighted by atomic mass is 19.2. The van der Waals surface area contributed by atoms with Gasteiger partial charge in [-0.25, -0.2) is 13.2 Å². The van der Waals surface area contributed by atoms with Gasteiger partial charge in [0.1, 0.15) is 11.6 Å². The van der Waals surface area contributed by atoms with Crippen LogP contribution in [0.2, 0.25) is 0 Å². The average Bonchev–Trinajstić information content (AvgIpc) is 2.67. The molecule has 0 saturated heterocycles. The van der Waals surface area contributed by atoms with Crippen LogP contribution in [0.1, 0.15) is 16.7 Å². The fourth-order valence-corrected chi connectivity index (χ4v) is 2.81. The lowest BCUT2D eigenvalue weighted by Gasteiger charge is -2.21. The van der Waals surface area contributed by atoms with Gasteiger partial charge in [0.2, 0.25) is 0 Å². The largest absolute Gasteiger partial charge is 0.467 e. The predicted molar refractivity (Wildman–Crippen MR) is 94.9 cm³/mol. The van der Waals surface area contributed by atoms with Gasteiger partial charge in [-0.15, -0.1) is 0 Å². The molecule has 0 spiro atoms. The fourth-order valence-electron chi connectivity index (χ4n) is 2.81. The Hall–Kier alpha value is -2.74. The number of rotatable bonds is 5. The van der Waals surface area contributed by atoms with Crippen LogP contribution in [0.5, 0.6) is 5.75 Å². The van der Waals surface area contributed by atoms with Crippen LogP contribution in [-0.2, 0) is 24.3 Å². The second kappa shape index (κ2) is 8.77. The van der Waals surface area contributed by atoms with E-state index in [1.807, 2.05) is 0 Å². The van der Waals surface area contributed by atoms with Crippen LogP contribution >= 0.6 is 0 Å². The molecule has 0 fully saturated rings. The molecule has 8 heteroatoms. The quantitative estimate of drug-likeness (QED) is 0.620. The molecule has 0 saturated carbocycles. The summed E-state index contributed by atoms with van der Waals surface area (Å²) in [7, 11) is 1.60. The van der Waals surface area contributed by atoms with Crippen molar-refractivity contribution in [1.29, 1.82) is 0 Å². The van der Waals surface area contributed by atoms with E-state index in [4.69, 9.17) is 9.47 Å². The van der Waals surface area contributed by atoms with E-state index in [2.05, 4.69) is 15.6 Å². The van der Waals surface area contributed by atoms with Gasteiger partial charge in [-0.3, -0.25) is 4.99 Å². The third-order valence-electron chi connectivity index (χ3n) is 4.11. The molecule has 0 amide bonds. The normalized spacial score (nSPS) is 13.7. The van der Waals surface area contributed by atoms with E-state index in [1.165, 1.54) is 18.2 Å². The molecule has 2 aromatic carbocycles. The molecule has 1 aliphatic heterocycles. The minimum atomic E-state index is -0.892. The lowest BCUT2D eigenvalue weighted by Crippen LogP contribution is -2.38. The molecule has 0 aromatic heterocycles. The third kappa shape index (κ3) is 4.91. The van der Waals surface area contributed by atoms with Gasteiger partial charge in [-0.2, -0.15) is 0 Å². The Morgan fingerprint density at radius 2 is 1.96 bits per heavy atom. The van der Waals surface area contributed by atoms with E-state index < -0.39 is 11.6 Å². The first-order chi connectivity index (χ1) is 13.1. The molecule has 0 unspecified atom stereocenters. The van der Waals surface area contributed by atoms with Gasteiger partial charge in [-0.05, 0) is 41.8 Å². The van der Waals surface area contributed by atoms with Gasteiger partial charge < -0.3 is 20.1 Å². The molecule has 3 rings (SSSR count). The van der Waals surface area contributed by atoms with Crippen molar-refractivity contribution in [3.8, 4) is 5.75 Å². The molecule has 144 valence electrons. The highest BCUT2D eigenvalue weighted by molar-refractivity contribution is 5.79. The first-order valence-corrected chi connectivity index (χ1v) is 8.47. The lowest BCUT2D eigenvalue weighted by molar-refractivity contribution is -0.0172. The summed E-state index contributed by atoms with van der Waals surface area (Å²) in [4.78, 5) is 4.08. The highest BCUT2D eigenvalue weighted by Crippen LogP contribution is 2.29. The summed E-state index contributed by atoms with van der Waals surface area (Å²) in [5.74, 6) is -0.952. The van der Waals surface area contributed by atoms with Crippen LogP contribution < -0.4 is 15.4 Å². The zero-order valence-corrected chi connectivity index (χ0v) is 14.8. The fraction of sp³-hybridized carbons (Fsp3) is 0.316. The maximum absolute atomic E-state index is 13.8. The average molecular weight is 379 g/mol. The number of aliphatic imine (C=N–C) groups is 1. The maximum Gasteiger partial charge on any atom is 0.191 e. The highest BCUT2D eigenvalue weighted by Gasteiger charge is 2.16. The van der Waals surface area contributed by atoms with E-state index in [0.29, 0.717) is 42.4 Å². The zero-order valence-electron chi connectivity index (χ0n) is 14.8. The van der Waals surface area contributed by atoms with Crippen LogP contribution in [0.3, 0.4) is 0 Å². The van der Waals surface area contributed by atoms with E-state index in [9.17, 15) is 13.2 Å². The maximum atomic E-state index is 13.8. The minimum Gasteiger partial charge on any atom is -0.467 e. The smallest absolute Gasteiger partial charge is 0.191 e. The van der Waals surface area contributed by atoms with Crippen LogP contribution in [0.25, 0.3) is 0 Å². The van der Waals surface area contributed by atoms with E-state index in [1.54, 1.807) is 7.05 Å². The zero-order chi connectivity index (χ0) is 19.2. The van der Waals surface area contributed by atoms with Gasteiger partial charge in [0.05, 0.1) is 6.61 Å². The van der Waals surface area contributed by atoms with Gasteiger partial charge in [0, 0.05) is 25.7 Å². The summed E-state index contributed by atoms with van der Waals surface area (Å²) < 4.78 is 50.6. The minimum absolute atomic E-state index is 0.149. The summed E-state index contributed by atoms with van der Waals surface area (Å²) >= 11 is 0. The van der Waals surface area contributed by atoms with Crippen molar-refractivity contribution in [2.24, 2.45) is 4.99 Å². The van der Waals surface area contributed by atoms with Gasteiger partial charge in [-0.1, -0.05) is 6.07 Å². The number of halogens is 3. The van der Waals surface area contributed by atoms with Crippen molar-refractivity contribution in [3.63, 3.8) is 0 Å². The van der Waals surface area contributed by atoms with Crippen molar-refractivity contribution in [2.45, 2.75) is 19.6 Å². The van der Waals surface area contributed by atoms with Crippen molar-refractivity contribution in [2.75, 3.05) is 20.4 Å². The van der Waals surface area contributed by atoms with Crippen molar-refractivity contribution < 1.29 is 22.6 Å². The number of nitrogens with one attached hydrogen (secondary N) is 2.